The molecule has 0 aromatic rings. The Hall–Kier alpha value is -3.09. The predicted molar refractivity (Wildman–Crippen MR) is 288 cm³/mol. The Morgan fingerprint density at radius 1 is 0.466 bits per heavy atom. The van der Waals surface area contributed by atoms with Gasteiger partial charge in [0.1, 0.15) is 54.9 Å². The van der Waals surface area contributed by atoms with Gasteiger partial charge in [0.05, 0.1) is 26.4 Å². The molecule has 7 N–H and O–H groups in total. The van der Waals surface area contributed by atoms with Crippen LogP contribution in [0.3, 0.4) is 0 Å². The number of hydrogen-bond acceptors (Lipinski definition) is 14. The largest absolute Gasteiger partial charge is 0.457 e. The van der Waals surface area contributed by atoms with Gasteiger partial charge in [0.15, 0.2) is 12.6 Å². The molecule has 418 valence electrons. The van der Waals surface area contributed by atoms with Gasteiger partial charge in [-0.25, -0.2) is 0 Å². The summed E-state index contributed by atoms with van der Waals surface area (Å²) in [6, 6.07) is 0. The van der Waals surface area contributed by atoms with E-state index in [4.69, 9.17) is 28.4 Å². The smallest absolute Gasteiger partial charge is 0.306 e. The molecule has 2 heterocycles. The number of esters is 1. The van der Waals surface area contributed by atoms with Crippen molar-refractivity contribution in [2.45, 2.75) is 235 Å². The van der Waals surface area contributed by atoms with Crippen LogP contribution < -0.4 is 0 Å². The van der Waals surface area contributed by atoms with Crippen molar-refractivity contribution in [3.63, 3.8) is 0 Å². The molecule has 73 heavy (non-hydrogen) atoms. The average Bonchev–Trinajstić information content (AvgIpc) is 3.39. The highest BCUT2D eigenvalue weighted by molar-refractivity contribution is 5.69. The molecule has 2 aliphatic rings. The van der Waals surface area contributed by atoms with Gasteiger partial charge in [-0.1, -0.05) is 162 Å². The van der Waals surface area contributed by atoms with Crippen molar-refractivity contribution >= 4 is 5.97 Å². The molecule has 14 heteroatoms. The van der Waals surface area contributed by atoms with Gasteiger partial charge in [0, 0.05) is 13.0 Å². The first-order chi connectivity index (χ1) is 35.6. The fourth-order valence-electron chi connectivity index (χ4n) is 8.08. The predicted octanol–water partition coefficient (Wildman–Crippen LogP) is 9.41. The summed E-state index contributed by atoms with van der Waals surface area (Å²) in [6.07, 6.45) is 43.2. The number of hydrogen-bond donors (Lipinski definition) is 7. The highest BCUT2D eigenvalue weighted by Gasteiger charge is 2.47. The van der Waals surface area contributed by atoms with Crippen LogP contribution in [0.1, 0.15) is 168 Å². The first kappa shape index (κ1) is 66.0. The van der Waals surface area contributed by atoms with E-state index in [1.54, 1.807) is 0 Å². The zero-order valence-corrected chi connectivity index (χ0v) is 44.6. The van der Waals surface area contributed by atoms with Gasteiger partial charge in [0.2, 0.25) is 0 Å². The van der Waals surface area contributed by atoms with Crippen LogP contribution in [-0.2, 0) is 33.2 Å². The second kappa shape index (κ2) is 45.1. The lowest BCUT2D eigenvalue weighted by Crippen LogP contribution is -2.61. The van der Waals surface area contributed by atoms with Crippen molar-refractivity contribution in [2.24, 2.45) is 0 Å². The molecule has 0 aromatic carbocycles. The molecule has 11 atom stereocenters. The molecular weight excluding hydrogens is 933 g/mol. The van der Waals surface area contributed by atoms with E-state index in [1.165, 1.54) is 38.5 Å². The highest BCUT2D eigenvalue weighted by atomic mass is 16.7. The standard InChI is InChI=1S/C59H98O14/c1-3-5-7-9-11-13-15-17-19-21-22-23-24-25-27-29-31-33-35-37-39-41-43-68-45-48(71-51(61)42-40-38-36-34-32-30-28-26-20-18-16-14-12-10-8-6-4-2)46-69-58-57(67)55(65)53(63)50(73-58)47-70-59-56(66)54(64)52(62)49(44-60)72-59/h5,7,11-14,17-20,22-23,25,27,31,33,48-50,52-60,62-67H,3-4,6,8-10,15-16,21,24,26,28-30,32,34-47H2,1-2H3/b7-5-,13-11-,14-12-,19-17-,20-18-,23-22-,27-25-,33-31-. The lowest BCUT2D eigenvalue weighted by Gasteiger charge is -2.42. The highest BCUT2D eigenvalue weighted by Crippen LogP contribution is 2.26. The molecule has 0 spiro atoms. The number of unbranched alkanes of at least 4 members (excludes halogenated alkanes) is 13. The van der Waals surface area contributed by atoms with Crippen LogP contribution in [0.2, 0.25) is 0 Å². The fraction of sp³-hybridized carbons (Fsp3) is 0.712. The van der Waals surface area contributed by atoms with Gasteiger partial charge in [-0.15, -0.1) is 0 Å². The van der Waals surface area contributed by atoms with Crippen molar-refractivity contribution in [1.82, 2.24) is 0 Å². The number of aliphatic hydroxyl groups excluding tert-OH is 7. The Labute approximate surface area is 439 Å². The maximum atomic E-state index is 13.0. The summed E-state index contributed by atoms with van der Waals surface area (Å²) < 4.78 is 34.3. The molecular formula is C59H98O14. The normalized spacial score (nSPS) is 25.7. The van der Waals surface area contributed by atoms with E-state index in [2.05, 4.69) is 111 Å². The van der Waals surface area contributed by atoms with Gasteiger partial charge in [-0.05, 0) is 96.3 Å². The van der Waals surface area contributed by atoms with E-state index in [0.29, 0.717) is 13.0 Å². The summed E-state index contributed by atoms with van der Waals surface area (Å²) in [7, 11) is 0. The van der Waals surface area contributed by atoms with Crippen molar-refractivity contribution < 1.29 is 69.0 Å². The van der Waals surface area contributed by atoms with Crippen LogP contribution in [0.5, 0.6) is 0 Å². The monoisotopic (exact) mass is 1030 g/mol. The van der Waals surface area contributed by atoms with E-state index < -0.39 is 86.7 Å². The Kier molecular flexibility index (Phi) is 40.8. The molecule has 0 aliphatic carbocycles. The van der Waals surface area contributed by atoms with Gasteiger partial charge in [-0.3, -0.25) is 4.79 Å². The van der Waals surface area contributed by atoms with E-state index in [9.17, 15) is 40.5 Å². The SMILES string of the molecule is CC/C=C\C/C=C\C/C=C\C/C=C\C/C=C\C/C=C\CCCCCOCC(COC1OC(COC2OC(CO)C(O)C(O)C2O)C(O)C(O)C1O)OC(=O)CCCCCCCCC/C=C\C/C=C\CCCCC. The molecule has 0 amide bonds. The fourth-order valence-corrected chi connectivity index (χ4v) is 8.08. The first-order valence-corrected chi connectivity index (χ1v) is 27.8. The Morgan fingerprint density at radius 3 is 1.40 bits per heavy atom. The van der Waals surface area contributed by atoms with E-state index in [0.717, 1.165) is 103 Å². The van der Waals surface area contributed by atoms with Crippen LogP contribution in [0.25, 0.3) is 0 Å². The van der Waals surface area contributed by atoms with Crippen molar-refractivity contribution in [1.29, 1.82) is 0 Å². The zero-order chi connectivity index (χ0) is 53.0. The number of carbonyl (C=O) groups excluding carboxylic acids is 1. The lowest BCUT2D eigenvalue weighted by atomic mass is 9.98. The Balaban J connectivity index is 1.77. The third-order valence-electron chi connectivity index (χ3n) is 12.6. The maximum absolute atomic E-state index is 13.0. The summed E-state index contributed by atoms with van der Waals surface area (Å²) in [4.78, 5) is 13.0. The van der Waals surface area contributed by atoms with Crippen LogP contribution in [0, 0.1) is 0 Å². The summed E-state index contributed by atoms with van der Waals surface area (Å²) in [6.45, 7) is 3.43. The topological polar surface area (TPSA) is 214 Å². The second-order valence-corrected chi connectivity index (χ2v) is 19.0. The van der Waals surface area contributed by atoms with Crippen molar-refractivity contribution in [3.8, 4) is 0 Å². The van der Waals surface area contributed by atoms with E-state index in [-0.39, 0.29) is 19.6 Å². The molecule has 2 fully saturated rings. The molecule has 2 aliphatic heterocycles. The van der Waals surface area contributed by atoms with E-state index in [1.807, 2.05) is 0 Å². The van der Waals surface area contributed by atoms with Crippen molar-refractivity contribution in [2.75, 3.05) is 33.0 Å². The number of rotatable bonds is 43. The number of aliphatic hydroxyl groups is 7. The average molecular weight is 1030 g/mol. The molecule has 0 radical (unpaired) electrons. The number of carbonyl (C=O) groups is 1. The van der Waals surface area contributed by atoms with Crippen LogP contribution >= 0.6 is 0 Å². The van der Waals surface area contributed by atoms with Gasteiger partial charge < -0.3 is 64.2 Å². The van der Waals surface area contributed by atoms with Crippen LogP contribution in [0.15, 0.2) is 97.2 Å². The molecule has 0 saturated carbocycles. The number of allylic oxidation sites excluding steroid dienone is 16. The van der Waals surface area contributed by atoms with Crippen molar-refractivity contribution in [3.05, 3.63) is 97.2 Å². The molecule has 2 rings (SSSR count). The maximum Gasteiger partial charge on any atom is 0.306 e. The molecule has 14 nitrogen and oxygen atoms in total. The minimum Gasteiger partial charge on any atom is -0.457 e. The molecule has 2 saturated heterocycles. The quantitative estimate of drug-likeness (QED) is 0.0172. The minimum atomic E-state index is -1.72. The van der Waals surface area contributed by atoms with Gasteiger partial charge >= 0.3 is 5.97 Å². The summed E-state index contributed by atoms with van der Waals surface area (Å²) in [5.74, 6) is -0.400. The Morgan fingerprint density at radius 2 is 0.890 bits per heavy atom. The molecule has 11 unspecified atom stereocenters. The second-order valence-electron chi connectivity index (χ2n) is 19.0. The third-order valence-corrected chi connectivity index (χ3v) is 12.6. The van der Waals surface area contributed by atoms with Crippen LogP contribution in [-0.4, -0.2) is 142 Å². The lowest BCUT2D eigenvalue weighted by molar-refractivity contribution is -0.332. The third kappa shape index (κ3) is 32.2. The van der Waals surface area contributed by atoms with Gasteiger partial charge in [0.25, 0.3) is 0 Å². The summed E-state index contributed by atoms with van der Waals surface area (Å²) in [5, 5.41) is 72.3. The summed E-state index contributed by atoms with van der Waals surface area (Å²) in [5.41, 5.74) is 0. The zero-order valence-electron chi connectivity index (χ0n) is 44.6. The summed E-state index contributed by atoms with van der Waals surface area (Å²) >= 11 is 0. The first-order valence-electron chi connectivity index (χ1n) is 27.8. The minimum absolute atomic E-state index is 0.0292. The Bertz CT molecular complexity index is 1570. The van der Waals surface area contributed by atoms with Crippen LogP contribution in [0.4, 0.5) is 0 Å². The molecule has 0 bridgehead atoms. The van der Waals surface area contributed by atoms with Gasteiger partial charge in [-0.2, -0.15) is 0 Å². The van der Waals surface area contributed by atoms with E-state index >= 15 is 0 Å². The molecule has 0 aromatic heterocycles. The number of ether oxygens (including phenoxy) is 6.